The van der Waals surface area contributed by atoms with E-state index in [2.05, 4.69) is 27.7 Å². The summed E-state index contributed by atoms with van der Waals surface area (Å²) in [6.07, 6.45) is 0. The molecule has 0 amide bonds. The van der Waals surface area contributed by atoms with Gasteiger partial charge in [-0.05, 0) is 42.4 Å². The Balaban J connectivity index is 3.48. The zero-order chi connectivity index (χ0) is 13.4. The SMILES string of the molecule is CC(C)c1cc(C(C)(C)N)cc(C(C)C)c1O. The Hall–Kier alpha value is -1.02. The molecule has 0 saturated heterocycles. The third kappa shape index (κ3) is 3.01. The highest BCUT2D eigenvalue weighted by molar-refractivity contribution is 5.48. The van der Waals surface area contributed by atoms with Gasteiger partial charge in [-0.25, -0.2) is 0 Å². The minimum atomic E-state index is -0.374. The second-order valence-electron chi connectivity index (χ2n) is 6.03. The summed E-state index contributed by atoms with van der Waals surface area (Å²) in [5.41, 5.74) is 8.86. The lowest BCUT2D eigenvalue weighted by atomic mass is 9.86. The number of aromatic hydroxyl groups is 1. The van der Waals surface area contributed by atoms with E-state index < -0.39 is 0 Å². The molecule has 0 aliphatic heterocycles. The standard InChI is InChI=1S/C15H25NO/c1-9(2)12-7-11(15(5,6)16)8-13(10(3)4)14(12)17/h7-10,17H,16H2,1-6H3. The lowest BCUT2D eigenvalue weighted by molar-refractivity contribution is 0.452. The van der Waals surface area contributed by atoms with Gasteiger partial charge in [0.15, 0.2) is 0 Å². The predicted molar refractivity (Wildman–Crippen MR) is 73.5 cm³/mol. The van der Waals surface area contributed by atoms with Crippen molar-refractivity contribution in [2.24, 2.45) is 5.73 Å². The van der Waals surface area contributed by atoms with Gasteiger partial charge in [0.1, 0.15) is 5.75 Å². The Morgan fingerprint density at radius 1 is 1.00 bits per heavy atom. The van der Waals surface area contributed by atoms with Crippen LogP contribution in [0.3, 0.4) is 0 Å². The van der Waals surface area contributed by atoms with Gasteiger partial charge in [-0.3, -0.25) is 0 Å². The van der Waals surface area contributed by atoms with Crippen LogP contribution in [0.1, 0.15) is 70.1 Å². The maximum absolute atomic E-state index is 10.3. The molecule has 0 saturated carbocycles. The molecular weight excluding hydrogens is 210 g/mol. The monoisotopic (exact) mass is 235 g/mol. The summed E-state index contributed by atoms with van der Waals surface area (Å²) in [5.74, 6) is 1.03. The van der Waals surface area contributed by atoms with E-state index >= 15 is 0 Å². The number of nitrogens with two attached hydrogens (primary N) is 1. The molecule has 1 aromatic rings. The van der Waals surface area contributed by atoms with E-state index in [1.807, 2.05) is 26.0 Å². The molecule has 96 valence electrons. The van der Waals surface area contributed by atoms with Gasteiger partial charge in [-0.2, -0.15) is 0 Å². The Kier molecular flexibility index (Phi) is 3.88. The van der Waals surface area contributed by atoms with E-state index in [0.29, 0.717) is 17.6 Å². The molecule has 0 radical (unpaired) electrons. The van der Waals surface area contributed by atoms with Crippen molar-refractivity contribution in [1.29, 1.82) is 0 Å². The van der Waals surface area contributed by atoms with Crippen molar-refractivity contribution in [3.63, 3.8) is 0 Å². The van der Waals surface area contributed by atoms with Gasteiger partial charge in [-0.1, -0.05) is 39.8 Å². The molecule has 0 aliphatic rings. The minimum Gasteiger partial charge on any atom is -0.507 e. The smallest absolute Gasteiger partial charge is 0.122 e. The first-order valence-electron chi connectivity index (χ1n) is 6.30. The first kappa shape index (κ1) is 14.0. The number of phenols is 1. The molecule has 17 heavy (non-hydrogen) atoms. The van der Waals surface area contributed by atoms with Crippen LogP contribution in [0, 0.1) is 0 Å². The molecule has 0 bridgehead atoms. The maximum atomic E-state index is 10.3. The summed E-state index contributed by atoms with van der Waals surface area (Å²) < 4.78 is 0. The van der Waals surface area contributed by atoms with Crippen molar-refractivity contribution in [1.82, 2.24) is 0 Å². The van der Waals surface area contributed by atoms with Crippen LogP contribution in [0.15, 0.2) is 12.1 Å². The normalized spacial score (nSPS) is 12.5. The van der Waals surface area contributed by atoms with E-state index in [0.717, 1.165) is 16.7 Å². The van der Waals surface area contributed by atoms with E-state index in [1.165, 1.54) is 0 Å². The van der Waals surface area contributed by atoms with Crippen LogP contribution >= 0.6 is 0 Å². The molecule has 0 unspecified atom stereocenters. The van der Waals surface area contributed by atoms with Gasteiger partial charge in [0.2, 0.25) is 0 Å². The van der Waals surface area contributed by atoms with Gasteiger partial charge in [-0.15, -0.1) is 0 Å². The van der Waals surface area contributed by atoms with E-state index in [4.69, 9.17) is 5.73 Å². The number of hydrogen-bond donors (Lipinski definition) is 2. The summed E-state index contributed by atoms with van der Waals surface area (Å²) in [4.78, 5) is 0. The van der Waals surface area contributed by atoms with Crippen LogP contribution in [0.4, 0.5) is 0 Å². The highest BCUT2D eigenvalue weighted by Gasteiger charge is 2.21. The van der Waals surface area contributed by atoms with Crippen molar-refractivity contribution in [3.8, 4) is 5.75 Å². The second kappa shape index (κ2) is 4.69. The quantitative estimate of drug-likeness (QED) is 0.836. The Morgan fingerprint density at radius 2 is 1.35 bits per heavy atom. The van der Waals surface area contributed by atoms with Gasteiger partial charge in [0.05, 0.1) is 0 Å². The van der Waals surface area contributed by atoms with Crippen molar-refractivity contribution in [3.05, 3.63) is 28.8 Å². The fourth-order valence-electron chi connectivity index (χ4n) is 1.93. The topological polar surface area (TPSA) is 46.2 Å². The molecule has 0 heterocycles. The Morgan fingerprint density at radius 3 is 1.59 bits per heavy atom. The van der Waals surface area contributed by atoms with Crippen molar-refractivity contribution >= 4 is 0 Å². The molecule has 0 aromatic heterocycles. The fourth-order valence-corrected chi connectivity index (χ4v) is 1.93. The zero-order valence-electron chi connectivity index (χ0n) is 11.8. The van der Waals surface area contributed by atoms with Gasteiger partial charge >= 0.3 is 0 Å². The van der Waals surface area contributed by atoms with Crippen molar-refractivity contribution in [2.75, 3.05) is 0 Å². The summed E-state index contributed by atoms with van der Waals surface area (Å²) in [7, 11) is 0. The second-order valence-corrected chi connectivity index (χ2v) is 6.03. The number of benzene rings is 1. The molecule has 2 heteroatoms. The zero-order valence-corrected chi connectivity index (χ0v) is 11.8. The molecule has 3 N–H and O–H groups in total. The van der Waals surface area contributed by atoms with E-state index in [9.17, 15) is 5.11 Å². The predicted octanol–water partition coefficient (Wildman–Crippen LogP) is 3.83. The minimum absolute atomic E-state index is 0.301. The molecule has 0 spiro atoms. The third-order valence-electron chi connectivity index (χ3n) is 3.16. The average Bonchev–Trinajstić information content (AvgIpc) is 2.14. The molecule has 1 rings (SSSR count). The number of phenolic OH excluding ortho intramolecular Hbond substituents is 1. The average molecular weight is 235 g/mol. The molecule has 1 aromatic carbocycles. The summed E-state index contributed by atoms with van der Waals surface area (Å²) >= 11 is 0. The molecular formula is C15H25NO. The Bertz CT molecular complexity index is 371. The van der Waals surface area contributed by atoms with Gasteiger partial charge in [0.25, 0.3) is 0 Å². The lowest BCUT2D eigenvalue weighted by Crippen LogP contribution is -2.29. The largest absolute Gasteiger partial charge is 0.507 e. The van der Waals surface area contributed by atoms with Crippen LogP contribution in [0.2, 0.25) is 0 Å². The third-order valence-corrected chi connectivity index (χ3v) is 3.16. The summed E-state index contributed by atoms with van der Waals surface area (Å²) in [6.45, 7) is 12.3. The van der Waals surface area contributed by atoms with Crippen LogP contribution in [-0.2, 0) is 5.54 Å². The van der Waals surface area contributed by atoms with Gasteiger partial charge in [0, 0.05) is 5.54 Å². The summed E-state index contributed by atoms with van der Waals surface area (Å²) in [5, 5.41) is 10.3. The Labute approximate surface area is 105 Å². The summed E-state index contributed by atoms with van der Waals surface area (Å²) in [6, 6.07) is 4.07. The van der Waals surface area contributed by atoms with Crippen LogP contribution in [0.25, 0.3) is 0 Å². The number of rotatable bonds is 3. The van der Waals surface area contributed by atoms with Crippen molar-refractivity contribution < 1.29 is 5.11 Å². The molecule has 0 atom stereocenters. The lowest BCUT2D eigenvalue weighted by Gasteiger charge is -2.24. The fraction of sp³-hybridized carbons (Fsp3) is 0.600. The molecule has 2 nitrogen and oxygen atoms in total. The highest BCUT2D eigenvalue weighted by atomic mass is 16.3. The van der Waals surface area contributed by atoms with Crippen LogP contribution in [0.5, 0.6) is 5.75 Å². The van der Waals surface area contributed by atoms with E-state index in [1.54, 1.807) is 0 Å². The first-order valence-corrected chi connectivity index (χ1v) is 6.30. The molecule has 0 fully saturated rings. The van der Waals surface area contributed by atoms with Crippen LogP contribution in [-0.4, -0.2) is 5.11 Å². The van der Waals surface area contributed by atoms with Gasteiger partial charge < -0.3 is 10.8 Å². The van der Waals surface area contributed by atoms with E-state index in [-0.39, 0.29) is 5.54 Å². The first-order chi connectivity index (χ1) is 7.64. The number of hydrogen-bond acceptors (Lipinski definition) is 2. The highest BCUT2D eigenvalue weighted by Crippen LogP contribution is 2.36. The van der Waals surface area contributed by atoms with Crippen LogP contribution < -0.4 is 5.73 Å². The molecule has 0 aliphatic carbocycles. The maximum Gasteiger partial charge on any atom is 0.122 e. The van der Waals surface area contributed by atoms with Crippen molar-refractivity contribution in [2.45, 2.75) is 58.9 Å².